The van der Waals surface area contributed by atoms with Gasteiger partial charge in [-0.2, -0.15) is 0 Å². The third-order valence-corrected chi connectivity index (χ3v) is 3.80. The molecular weight excluding hydrogens is 254 g/mol. The molecule has 1 aliphatic rings. The largest absolute Gasteiger partial charge is 0.355 e. The van der Waals surface area contributed by atoms with Gasteiger partial charge in [0.25, 0.3) is 0 Å². The molecule has 1 aliphatic heterocycles. The Kier molecular flexibility index (Phi) is 3.79. The van der Waals surface area contributed by atoms with Gasteiger partial charge in [0.1, 0.15) is 5.82 Å². The molecular formula is C13H21N7. The van der Waals surface area contributed by atoms with E-state index in [4.69, 9.17) is 0 Å². The first-order valence-electron chi connectivity index (χ1n) is 7.06. The highest BCUT2D eigenvalue weighted by Crippen LogP contribution is 2.15. The summed E-state index contributed by atoms with van der Waals surface area (Å²) in [6.45, 7) is 8.35. The molecule has 0 atom stereocenters. The number of anilines is 1. The number of likely N-dealkylation sites (N-methyl/N-ethyl adjacent to an activating group) is 1. The molecule has 2 aromatic rings. The lowest BCUT2D eigenvalue weighted by molar-refractivity contribution is 0.246. The quantitative estimate of drug-likeness (QED) is 0.832. The Bertz CT molecular complexity index is 573. The van der Waals surface area contributed by atoms with Crippen LogP contribution in [0.25, 0.3) is 5.65 Å². The summed E-state index contributed by atoms with van der Waals surface area (Å²) in [5, 5.41) is 11.7. The molecule has 1 N–H and O–H groups in total. The summed E-state index contributed by atoms with van der Waals surface area (Å²) in [6, 6.07) is 0. The lowest BCUT2D eigenvalue weighted by Crippen LogP contribution is -2.46. The maximum atomic E-state index is 4.46. The predicted molar refractivity (Wildman–Crippen MR) is 78.1 cm³/mol. The fraction of sp³-hybridized carbons (Fsp3) is 0.615. The SMILES string of the molecule is Cc1nnc2c(N(C)CCN3CCNCC3)nccn12. The fourth-order valence-electron chi connectivity index (χ4n) is 2.53. The Balaban J connectivity index is 1.70. The number of aromatic nitrogens is 4. The van der Waals surface area contributed by atoms with Crippen molar-refractivity contribution in [3.05, 3.63) is 18.2 Å². The minimum atomic E-state index is 0.827. The second kappa shape index (κ2) is 5.72. The van der Waals surface area contributed by atoms with Gasteiger partial charge in [-0.15, -0.1) is 10.2 Å². The molecule has 2 aromatic heterocycles. The molecule has 1 saturated heterocycles. The highest BCUT2D eigenvalue weighted by molar-refractivity contribution is 5.63. The van der Waals surface area contributed by atoms with Crippen molar-refractivity contribution in [2.45, 2.75) is 6.92 Å². The van der Waals surface area contributed by atoms with Crippen LogP contribution in [0.4, 0.5) is 5.82 Å². The molecule has 0 aliphatic carbocycles. The van der Waals surface area contributed by atoms with E-state index in [0.717, 1.165) is 56.6 Å². The molecule has 7 heteroatoms. The van der Waals surface area contributed by atoms with Crippen molar-refractivity contribution in [2.75, 3.05) is 51.2 Å². The maximum Gasteiger partial charge on any atom is 0.203 e. The van der Waals surface area contributed by atoms with Crippen LogP contribution in [0.15, 0.2) is 12.4 Å². The second-order valence-corrected chi connectivity index (χ2v) is 5.20. The van der Waals surface area contributed by atoms with E-state index < -0.39 is 0 Å². The van der Waals surface area contributed by atoms with E-state index in [1.165, 1.54) is 0 Å². The van der Waals surface area contributed by atoms with Gasteiger partial charge in [-0.3, -0.25) is 9.30 Å². The molecule has 3 rings (SSSR count). The van der Waals surface area contributed by atoms with Crippen LogP contribution in [0.2, 0.25) is 0 Å². The molecule has 20 heavy (non-hydrogen) atoms. The lowest BCUT2D eigenvalue weighted by Gasteiger charge is -2.29. The van der Waals surface area contributed by atoms with Gasteiger partial charge in [0.2, 0.25) is 5.65 Å². The van der Waals surface area contributed by atoms with Crippen molar-refractivity contribution in [1.82, 2.24) is 29.8 Å². The van der Waals surface area contributed by atoms with Crippen molar-refractivity contribution < 1.29 is 0 Å². The first-order chi connectivity index (χ1) is 9.75. The molecule has 7 nitrogen and oxygen atoms in total. The normalized spacial score (nSPS) is 16.7. The van der Waals surface area contributed by atoms with Crippen molar-refractivity contribution in [1.29, 1.82) is 0 Å². The molecule has 108 valence electrons. The van der Waals surface area contributed by atoms with Crippen LogP contribution in [0.5, 0.6) is 0 Å². The first-order valence-corrected chi connectivity index (χ1v) is 7.06. The predicted octanol–water partition coefficient (Wildman–Crippen LogP) is -0.226. The fourth-order valence-corrected chi connectivity index (χ4v) is 2.53. The van der Waals surface area contributed by atoms with Gasteiger partial charge in [0.15, 0.2) is 5.82 Å². The number of aryl methyl sites for hydroxylation is 1. The molecule has 0 aromatic carbocycles. The van der Waals surface area contributed by atoms with Crippen LogP contribution < -0.4 is 10.2 Å². The van der Waals surface area contributed by atoms with E-state index in [2.05, 4.69) is 37.3 Å². The van der Waals surface area contributed by atoms with E-state index in [1.807, 2.05) is 17.5 Å². The Morgan fingerprint density at radius 1 is 1.30 bits per heavy atom. The van der Waals surface area contributed by atoms with Crippen molar-refractivity contribution in [3.8, 4) is 0 Å². The zero-order valence-corrected chi connectivity index (χ0v) is 12.1. The van der Waals surface area contributed by atoms with E-state index >= 15 is 0 Å². The Labute approximate surface area is 118 Å². The van der Waals surface area contributed by atoms with Crippen LogP contribution >= 0.6 is 0 Å². The molecule has 3 heterocycles. The van der Waals surface area contributed by atoms with Gasteiger partial charge in [-0.05, 0) is 6.92 Å². The second-order valence-electron chi connectivity index (χ2n) is 5.20. The lowest BCUT2D eigenvalue weighted by atomic mass is 10.3. The summed E-state index contributed by atoms with van der Waals surface area (Å²) in [6.07, 6.45) is 3.71. The Hall–Kier alpha value is -1.73. The van der Waals surface area contributed by atoms with Crippen LogP contribution in [-0.2, 0) is 0 Å². The number of fused-ring (bicyclic) bond motifs is 1. The number of nitrogens with one attached hydrogen (secondary N) is 1. The summed E-state index contributed by atoms with van der Waals surface area (Å²) >= 11 is 0. The van der Waals surface area contributed by atoms with Gasteiger partial charge in [-0.25, -0.2) is 4.98 Å². The van der Waals surface area contributed by atoms with Gasteiger partial charge >= 0.3 is 0 Å². The highest BCUT2D eigenvalue weighted by atomic mass is 15.3. The molecule has 0 spiro atoms. The van der Waals surface area contributed by atoms with E-state index in [0.29, 0.717) is 0 Å². The smallest absolute Gasteiger partial charge is 0.203 e. The van der Waals surface area contributed by atoms with Crippen molar-refractivity contribution in [2.24, 2.45) is 0 Å². The number of nitrogens with zero attached hydrogens (tertiary/aromatic N) is 6. The zero-order chi connectivity index (χ0) is 13.9. The van der Waals surface area contributed by atoms with Crippen LogP contribution in [0.1, 0.15) is 5.82 Å². The summed E-state index contributed by atoms with van der Waals surface area (Å²) in [4.78, 5) is 9.09. The van der Waals surface area contributed by atoms with Gasteiger partial charge < -0.3 is 10.2 Å². The van der Waals surface area contributed by atoms with Gasteiger partial charge in [0.05, 0.1) is 0 Å². The van der Waals surface area contributed by atoms with Crippen LogP contribution in [-0.4, -0.2) is 70.8 Å². The molecule has 1 fully saturated rings. The van der Waals surface area contributed by atoms with Crippen LogP contribution in [0.3, 0.4) is 0 Å². The highest BCUT2D eigenvalue weighted by Gasteiger charge is 2.14. The molecule has 0 radical (unpaired) electrons. The average molecular weight is 275 g/mol. The maximum absolute atomic E-state index is 4.46. The van der Waals surface area contributed by atoms with Gasteiger partial charge in [-0.1, -0.05) is 0 Å². The number of rotatable bonds is 4. The minimum Gasteiger partial charge on any atom is -0.355 e. The topological polar surface area (TPSA) is 61.6 Å². The van der Waals surface area contributed by atoms with Crippen molar-refractivity contribution in [3.63, 3.8) is 0 Å². The summed E-state index contributed by atoms with van der Waals surface area (Å²) in [7, 11) is 2.06. The molecule has 0 unspecified atom stereocenters. The number of hydrogen-bond acceptors (Lipinski definition) is 6. The number of hydrogen-bond donors (Lipinski definition) is 1. The summed E-state index contributed by atoms with van der Waals surface area (Å²) in [5.41, 5.74) is 0.827. The first kappa shape index (κ1) is 13.3. The van der Waals surface area contributed by atoms with Gasteiger partial charge in [0, 0.05) is 58.7 Å². The molecule has 0 bridgehead atoms. The zero-order valence-electron chi connectivity index (χ0n) is 12.1. The summed E-state index contributed by atoms with van der Waals surface area (Å²) < 4.78 is 1.98. The minimum absolute atomic E-state index is 0.827. The third-order valence-electron chi connectivity index (χ3n) is 3.80. The van der Waals surface area contributed by atoms with E-state index in [9.17, 15) is 0 Å². The number of piperazine rings is 1. The molecule has 0 amide bonds. The van der Waals surface area contributed by atoms with E-state index in [-0.39, 0.29) is 0 Å². The molecule has 0 saturated carbocycles. The van der Waals surface area contributed by atoms with Crippen molar-refractivity contribution >= 4 is 11.5 Å². The van der Waals surface area contributed by atoms with E-state index in [1.54, 1.807) is 6.20 Å². The standard InChI is InChI=1S/C13H21N7/c1-11-16-17-13-12(15-5-8-20(11)13)18(2)9-10-19-6-3-14-4-7-19/h5,8,14H,3-4,6-7,9-10H2,1-2H3. The monoisotopic (exact) mass is 275 g/mol. The Morgan fingerprint density at radius 2 is 2.10 bits per heavy atom. The Morgan fingerprint density at radius 3 is 2.90 bits per heavy atom. The average Bonchev–Trinajstić information content (AvgIpc) is 2.87. The van der Waals surface area contributed by atoms with Crippen LogP contribution in [0, 0.1) is 6.92 Å². The summed E-state index contributed by atoms with van der Waals surface area (Å²) in [5.74, 6) is 1.78. The third kappa shape index (κ3) is 2.59.